The maximum atomic E-state index is 12.0. The quantitative estimate of drug-likeness (QED) is 0.547. The number of carboxylic acid groups (broad SMARTS) is 1. The fourth-order valence-corrected chi connectivity index (χ4v) is 1.66. The van der Waals surface area contributed by atoms with E-state index in [0.29, 0.717) is 0 Å². The Morgan fingerprint density at radius 3 is 2.14 bits per heavy atom. The van der Waals surface area contributed by atoms with E-state index in [-0.39, 0.29) is 31.8 Å². The molecule has 0 heterocycles. The monoisotopic (exact) mass is 302 g/mol. The molecule has 0 radical (unpaired) electrons. The minimum atomic E-state index is -0.930. The van der Waals surface area contributed by atoms with E-state index in [9.17, 15) is 14.4 Å². The number of carbonyl (C=O) groups is 3. The maximum Gasteiger partial charge on any atom is 0.309 e. The Kier molecular flexibility index (Phi) is 7.99. The normalized spacial score (nSPS) is 12.9. The Morgan fingerprint density at radius 2 is 1.71 bits per heavy atom. The van der Waals surface area contributed by atoms with Gasteiger partial charge in [0.1, 0.15) is 5.60 Å². The molecule has 0 amide bonds. The molecule has 0 unspecified atom stereocenters. The highest BCUT2D eigenvalue weighted by atomic mass is 16.6. The van der Waals surface area contributed by atoms with Gasteiger partial charge in [-0.1, -0.05) is 13.8 Å². The third-order valence-corrected chi connectivity index (χ3v) is 2.69. The van der Waals surface area contributed by atoms with Crippen LogP contribution in [0.4, 0.5) is 0 Å². The number of hydrogen-bond donors (Lipinski definition) is 1. The van der Waals surface area contributed by atoms with Crippen LogP contribution in [0.15, 0.2) is 0 Å². The maximum absolute atomic E-state index is 12.0. The van der Waals surface area contributed by atoms with E-state index in [4.69, 9.17) is 14.6 Å². The van der Waals surface area contributed by atoms with E-state index in [1.54, 1.807) is 20.8 Å². The molecule has 0 saturated heterocycles. The number of aliphatic carboxylic acids is 1. The molecule has 0 saturated carbocycles. The van der Waals surface area contributed by atoms with Crippen molar-refractivity contribution in [2.45, 2.75) is 59.5 Å². The van der Waals surface area contributed by atoms with Gasteiger partial charge < -0.3 is 14.6 Å². The summed E-state index contributed by atoms with van der Waals surface area (Å²) in [5, 5.41) is 8.50. The van der Waals surface area contributed by atoms with Crippen LogP contribution < -0.4 is 0 Å². The van der Waals surface area contributed by atoms with E-state index in [2.05, 4.69) is 0 Å². The van der Waals surface area contributed by atoms with Crippen molar-refractivity contribution in [1.29, 1.82) is 0 Å². The van der Waals surface area contributed by atoms with Gasteiger partial charge in [-0.25, -0.2) is 0 Å². The first kappa shape index (κ1) is 19.4. The van der Waals surface area contributed by atoms with E-state index in [1.807, 2.05) is 13.8 Å². The van der Waals surface area contributed by atoms with Crippen LogP contribution in [0, 0.1) is 11.8 Å². The fraction of sp³-hybridized carbons (Fsp3) is 0.800. The number of rotatable bonds is 8. The molecule has 0 spiro atoms. The third-order valence-electron chi connectivity index (χ3n) is 2.69. The molecule has 0 aromatic heterocycles. The fourth-order valence-electron chi connectivity index (χ4n) is 1.66. The summed E-state index contributed by atoms with van der Waals surface area (Å²) in [6.07, 6.45) is 0.177. The predicted octanol–water partition coefficient (Wildman–Crippen LogP) is 2.40. The van der Waals surface area contributed by atoms with E-state index >= 15 is 0 Å². The number of carboxylic acids is 1. The van der Waals surface area contributed by atoms with E-state index in [0.717, 1.165) is 0 Å². The highest BCUT2D eigenvalue weighted by Crippen LogP contribution is 2.20. The van der Waals surface area contributed by atoms with Crippen molar-refractivity contribution in [3.8, 4) is 0 Å². The molecule has 0 bridgehead atoms. The number of carbonyl (C=O) groups excluding carboxylic acids is 2. The molecule has 6 heteroatoms. The van der Waals surface area contributed by atoms with Crippen molar-refractivity contribution < 1.29 is 29.0 Å². The van der Waals surface area contributed by atoms with Crippen LogP contribution >= 0.6 is 0 Å². The van der Waals surface area contributed by atoms with Crippen molar-refractivity contribution in [3.63, 3.8) is 0 Å². The average Bonchev–Trinajstić information content (AvgIpc) is 2.28. The Balaban J connectivity index is 4.37. The first-order chi connectivity index (χ1) is 9.53. The van der Waals surface area contributed by atoms with Crippen LogP contribution in [0.5, 0.6) is 0 Å². The summed E-state index contributed by atoms with van der Waals surface area (Å²) in [6, 6.07) is 0. The van der Waals surface area contributed by atoms with Gasteiger partial charge in [-0.2, -0.15) is 0 Å². The summed E-state index contributed by atoms with van der Waals surface area (Å²) in [5.41, 5.74) is -0.593. The Labute approximate surface area is 125 Å². The van der Waals surface area contributed by atoms with Gasteiger partial charge in [0.15, 0.2) is 0 Å². The molecule has 0 aromatic carbocycles. The second-order valence-corrected chi connectivity index (χ2v) is 6.31. The molecule has 0 fully saturated rings. The smallest absolute Gasteiger partial charge is 0.309 e. The Bertz CT molecular complexity index is 367. The van der Waals surface area contributed by atoms with E-state index < -0.39 is 29.4 Å². The lowest BCUT2D eigenvalue weighted by molar-refractivity contribution is -0.163. The lowest BCUT2D eigenvalue weighted by atomic mass is 9.92. The van der Waals surface area contributed by atoms with Gasteiger partial charge in [0.25, 0.3) is 0 Å². The minimum Gasteiger partial charge on any atom is -0.481 e. The van der Waals surface area contributed by atoms with Gasteiger partial charge >= 0.3 is 17.9 Å². The lowest BCUT2D eigenvalue weighted by Crippen LogP contribution is -2.30. The lowest BCUT2D eigenvalue weighted by Gasteiger charge is -2.23. The van der Waals surface area contributed by atoms with Crippen molar-refractivity contribution in [1.82, 2.24) is 0 Å². The molecule has 6 nitrogen and oxygen atoms in total. The summed E-state index contributed by atoms with van der Waals surface area (Å²) in [7, 11) is 0. The first-order valence-corrected chi connectivity index (χ1v) is 7.13. The Hall–Kier alpha value is -1.59. The van der Waals surface area contributed by atoms with Gasteiger partial charge in [0.2, 0.25) is 0 Å². The minimum absolute atomic E-state index is 0.0350. The first-order valence-electron chi connectivity index (χ1n) is 7.13. The highest BCUT2D eigenvalue weighted by Gasteiger charge is 2.29. The van der Waals surface area contributed by atoms with Gasteiger partial charge in [-0.15, -0.1) is 0 Å². The van der Waals surface area contributed by atoms with Crippen molar-refractivity contribution in [2.75, 3.05) is 6.61 Å². The summed E-state index contributed by atoms with van der Waals surface area (Å²) in [5.74, 6) is -2.50. The zero-order valence-corrected chi connectivity index (χ0v) is 13.5. The summed E-state index contributed by atoms with van der Waals surface area (Å²) in [4.78, 5) is 34.1. The van der Waals surface area contributed by atoms with Crippen molar-refractivity contribution >= 4 is 17.9 Å². The molecule has 0 aliphatic heterocycles. The van der Waals surface area contributed by atoms with Gasteiger partial charge in [-0.05, 0) is 33.1 Å². The molecule has 0 aliphatic carbocycles. The van der Waals surface area contributed by atoms with Crippen LogP contribution in [0.2, 0.25) is 0 Å². The zero-order chi connectivity index (χ0) is 16.6. The molecule has 122 valence electrons. The topological polar surface area (TPSA) is 89.9 Å². The highest BCUT2D eigenvalue weighted by molar-refractivity contribution is 5.80. The SMILES string of the molecule is CC(C)[C@H](CC(=O)OC(C)(C)C)C(=O)OCCCC(=O)O. The Morgan fingerprint density at radius 1 is 1.14 bits per heavy atom. The summed E-state index contributed by atoms with van der Waals surface area (Å²) >= 11 is 0. The summed E-state index contributed by atoms with van der Waals surface area (Å²) < 4.78 is 10.2. The second-order valence-electron chi connectivity index (χ2n) is 6.31. The van der Waals surface area contributed by atoms with Crippen LogP contribution in [0.25, 0.3) is 0 Å². The van der Waals surface area contributed by atoms with Gasteiger partial charge in [-0.3, -0.25) is 14.4 Å². The standard InChI is InChI=1S/C15H26O6/c1-10(2)11(9-13(18)21-15(3,4)5)14(19)20-8-6-7-12(16)17/h10-11H,6-9H2,1-5H3,(H,16,17)/t11-/m0/s1. The van der Waals surface area contributed by atoms with Gasteiger partial charge in [0.05, 0.1) is 18.9 Å². The number of esters is 2. The molecular formula is C15H26O6. The van der Waals surface area contributed by atoms with Crippen LogP contribution in [-0.2, 0) is 23.9 Å². The molecule has 21 heavy (non-hydrogen) atoms. The molecule has 0 aliphatic rings. The largest absolute Gasteiger partial charge is 0.481 e. The van der Waals surface area contributed by atoms with Crippen molar-refractivity contribution in [2.24, 2.45) is 11.8 Å². The molecular weight excluding hydrogens is 276 g/mol. The number of ether oxygens (including phenoxy) is 2. The second kappa shape index (κ2) is 8.64. The van der Waals surface area contributed by atoms with Crippen LogP contribution in [0.1, 0.15) is 53.9 Å². The van der Waals surface area contributed by atoms with Crippen molar-refractivity contribution in [3.05, 3.63) is 0 Å². The molecule has 1 N–H and O–H groups in total. The zero-order valence-electron chi connectivity index (χ0n) is 13.5. The van der Waals surface area contributed by atoms with Gasteiger partial charge in [0, 0.05) is 6.42 Å². The third kappa shape index (κ3) is 9.87. The van der Waals surface area contributed by atoms with E-state index in [1.165, 1.54) is 0 Å². The molecule has 0 aromatic rings. The average molecular weight is 302 g/mol. The van der Waals surface area contributed by atoms with Crippen LogP contribution in [-0.4, -0.2) is 35.2 Å². The predicted molar refractivity (Wildman–Crippen MR) is 76.6 cm³/mol. The number of hydrogen-bond acceptors (Lipinski definition) is 5. The van der Waals surface area contributed by atoms with Crippen LogP contribution in [0.3, 0.4) is 0 Å². The molecule has 1 atom stereocenters. The molecule has 0 rings (SSSR count). The summed E-state index contributed by atoms with van der Waals surface area (Å²) in [6.45, 7) is 8.99.